The van der Waals surface area contributed by atoms with Crippen LogP contribution in [0.5, 0.6) is 5.75 Å². The molecule has 1 saturated carbocycles. The van der Waals surface area contributed by atoms with E-state index in [0.717, 1.165) is 38.0 Å². The molecule has 0 radical (unpaired) electrons. The summed E-state index contributed by atoms with van der Waals surface area (Å²) in [4.78, 5) is 0. The minimum atomic E-state index is -0.351. The van der Waals surface area contributed by atoms with Crippen LogP contribution in [0.3, 0.4) is 0 Å². The molecule has 0 aromatic heterocycles. The van der Waals surface area contributed by atoms with Crippen molar-refractivity contribution in [1.82, 2.24) is 5.32 Å². The van der Waals surface area contributed by atoms with Crippen LogP contribution in [-0.4, -0.2) is 17.8 Å². The third kappa shape index (κ3) is 3.63. The van der Waals surface area contributed by atoms with Crippen molar-refractivity contribution in [2.24, 2.45) is 0 Å². The van der Waals surface area contributed by atoms with E-state index in [9.17, 15) is 5.11 Å². The van der Waals surface area contributed by atoms with Crippen molar-refractivity contribution in [2.75, 3.05) is 6.61 Å². The van der Waals surface area contributed by atoms with Gasteiger partial charge in [-0.05, 0) is 43.0 Å². The molecule has 0 aliphatic heterocycles. The van der Waals surface area contributed by atoms with Crippen molar-refractivity contribution in [2.45, 2.75) is 50.8 Å². The Bertz CT molecular complexity index is 626. The minimum Gasteiger partial charge on any atom is -0.494 e. The van der Waals surface area contributed by atoms with Crippen molar-refractivity contribution in [3.05, 3.63) is 65.7 Å². The molecular weight excluding hydrogens is 298 g/mol. The maximum absolute atomic E-state index is 10.8. The van der Waals surface area contributed by atoms with Gasteiger partial charge in [0.25, 0.3) is 0 Å². The van der Waals surface area contributed by atoms with Gasteiger partial charge < -0.3 is 15.2 Å². The zero-order chi connectivity index (χ0) is 16.8. The summed E-state index contributed by atoms with van der Waals surface area (Å²) in [5.41, 5.74) is 2.03. The highest BCUT2D eigenvalue weighted by molar-refractivity contribution is 5.30. The molecule has 0 heterocycles. The van der Waals surface area contributed by atoms with Gasteiger partial charge in [-0.15, -0.1) is 0 Å². The van der Waals surface area contributed by atoms with Crippen molar-refractivity contribution >= 4 is 0 Å². The summed E-state index contributed by atoms with van der Waals surface area (Å²) in [5.74, 6) is 0.900. The average molecular weight is 325 g/mol. The molecule has 2 unspecified atom stereocenters. The van der Waals surface area contributed by atoms with Crippen LogP contribution in [0.25, 0.3) is 0 Å². The van der Waals surface area contributed by atoms with Crippen molar-refractivity contribution in [1.29, 1.82) is 0 Å². The molecular formula is C21H27NO2. The van der Waals surface area contributed by atoms with Crippen LogP contribution in [0.2, 0.25) is 0 Å². The molecule has 0 saturated heterocycles. The third-order valence-electron chi connectivity index (χ3n) is 5.00. The fourth-order valence-corrected chi connectivity index (χ4v) is 3.67. The predicted octanol–water partition coefficient (Wildman–Crippen LogP) is 4.01. The first-order chi connectivity index (χ1) is 11.7. The highest BCUT2D eigenvalue weighted by Gasteiger charge is 2.40. The minimum absolute atomic E-state index is 0.349. The number of aliphatic hydroxyl groups is 1. The Morgan fingerprint density at radius 3 is 2.50 bits per heavy atom. The fourth-order valence-electron chi connectivity index (χ4n) is 3.67. The monoisotopic (exact) mass is 325 g/mol. The lowest BCUT2D eigenvalue weighted by Gasteiger charge is -2.43. The van der Waals surface area contributed by atoms with Gasteiger partial charge in [0.15, 0.2) is 0 Å². The molecule has 0 spiro atoms. The first-order valence-corrected chi connectivity index (χ1v) is 8.95. The van der Waals surface area contributed by atoms with Gasteiger partial charge in [-0.25, -0.2) is 0 Å². The highest BCUT2D eigenvalue weighted by atomic mass is 16.5. The summed E-state index contributed by atoms with van der Waals surface area (Å²) in [7, 11) is 0. The Kier molecular flexibility index (Phi) is 5.54. The summed E-state index contributed by atoms with van der Waals surface area (Å²) in [6, 6.07) is 18.6. The van der Waals surface area contributed by atoms with Gasteiger partial charge in [0.1, 0.15) is 5.75 Å². The van der Waals surface area contributed by atoms with Crippen molar-refractivity contribution in [3.63, 3.8) is 0 Å². The van der Waals surface area contributed by atoms with Crippen LogP contribution >= 0.6 is 0 Å². The second-order valence-corrected chi connectivity index (χ2v) is 6.53. The molecule has 0 amide bonds. The van der Waals surface area contributed by atoms with Gasteiger partial charge in [-0.2, -0.15) is 0 Å². The van der Waals surface area contributed by atoms with Crippen LogP contribution in [0, 0.1) is 0 Å². The molecule has 1 aliphatic carbocycles. The van der Waals surface area contributed by atoms with Crippen LogP contribution in [-0.2, 0) is 12.1 Å². The molecule has 2 N–H and O–H groups in total. The van der Waals surface area contributed by atoms with E-state index in [2.05, 4.69) is 41.7 Å². The van der Waals surface area contributed by atoms with Crippen LogP contribution < -0.4 is 10.1 Å². The second kappa shape index (κ2) is 7.82. The average Bonchev–Trinajstić information content (AvgIpc) is 2.63. The van der Waals surface area contributed by atoms with Gasteiger partial charge in [-0.3, -0.25) is 0 Å². The van der Waals surface area contributed by atoms with Gasteiger partial charge in [0.05, 0.1) is 18.2 Å². The topological polar surface area (TPSA) is 41.5 Å². The number of hydrogen-bond donors (Lipinski definition) is 2. The van der Waals surface area contributed by atoms with Gasteiger partial charge >= 0.3 is 0 Å². The van der Waals surface area contributed by atoms with E-state index in [1.807, 2.05) is 25.1 Å². The smallest absolute Gasteiger partial charge is 0.119 e. The number of ether oxygens (including phenoxy) is 1. The van der Waals surface area contributed by atoms with Crippen LogP contribution in [0.4, 0.5) is 0 Å². The zero-order valence-corrected chi connectivity index (χ0v) is 14.4. The van der Waals surface area contributed by atoms with E-state index in [0.29, 0.717) is 6.61 Å². The van der Waals surface area contributed by atoms with Crippen LogP contribution in [0.15, 0.2) is 54.6 Å². The molecule has 24 heavy (non-hydrogen) atoms. The number of aliphatic hydroxyl groups excluding tert-OH is 1. The Morgan fingerprint density at radius 2 is 1.83 bits per heavy atom. The number of hydrogen-bond acceptors (Lipinski definition) is 3. The zero-order valence-electron chi connectivity index (χ0n) is 14.4. The summed E-state index contributed by atoms with van der Waals surface area (Å²) >= 11 is 0. The summed E-state index contributed by atoms with van der Waals surface area (Å²) in [5, 5.41) is 14.5. The predicted molar refractivity (Wildman–Crippen MR) is 97.0 cm³/mol. The first kappa shape index (κ1) is 17.0. The Balaban J connectivity index is 1.77. The van der Waals surface area contributed by atoms with Gasteiger partial charge in [0.2, 0.25) is 0 Å². The quantitative estimate of drug-likeness (QED) is 0.843. The van der Waals surface area contributed by atoms with Crippen molar-refractivity contribution in [3.8, 4) is 5.75 Å². The first-order valence-electron chi connectivity index (χ1n) is 8.95. The van der Waals surface area contributed by atoms with E-state index >= 15 is 0 Å². The Labute approximate surface area is 144 Å². The maximum atomic E-state index is 10.8. The lowest BCUT2D eigenvalue weighted by atomic mass is 9.74. The highest BCUT2D eigenvalue weighted by Crippen LogP contribution is 2.37. The summed E-state index contributed by atoms with van der Waals surface area (Å²) in [6.45, 7) is 3.41. The molecule has 3 rings (SSSR count). The molecule has 128 valence electrons. The fraction of sp³-hybridized carbons (Fsp3) is 0.429. The van der Waals surface area contributed by atoms with E-state index in [1.165, 1.54) is 11.1 Å². The standard InChI is InChI=1S/C21H27NO2/c1-2-24-19-13-11-17(12-14-19)16-22-21(15-7-6-10-20(21)23)18-8-4-3-5-9-18/h3-5,8-9,11-14,20,22-23H,2,6-7,10,15-16H2,1H3. The number of benzene rings is 2. The van der Waals surface area contributed by atoms with Gasteiger partial charge in [-0.1, -0.05) is 55.3 Å². The molecule has 2 aromatic carbocycles. The molecule has 3 heteroatoms. The van der Waals surface area contributed by atoms with E-state index in [4.69, 9.17) is 4.74 Å². The van der Waals surface area contributed by atoms with Crippen LogP contribution in [0.1, 0.15) is 43.7 Å². The van der Waals surface area contributed by atoms with E-state index < -0.39 is 0 Å². The number of nitrogens with one attached hydrogen (secondary N) is 1. The Morgan fingerprint density at radius 1 is 1.08 bits per heavy atom. The second-order valence-electron chi connectivity index (χ2n) is 6.53. The Hall–Kier alpha value is -1.84. The molecule has 0 bridgehead atoms. The molecule has 2 aromatic rings. The normalized spacial score (nSPS) is 23.8. The molecule has 3 nitrogen and oxygen atoms in total. The lowest BCUT2D eigenvalue weighted by Crippen LogP contribution is -2.53. The van der Waals surface area contributed by atoms with E-state index in [1.54, 1.807) is 0 Å². The SMILES string of the molecule is CCOc1ccc(CNC2(c3ccccc3)CCCCC2O)cc1. The maximum Gasteiger partial charge on any atom is 0.119 e. The van der Waals surface area contributed by atoms with E-state index in [-0.39, 0.29) is 11.6 Å². The summed E-state index contributed by atoms with van der Waals surface area (Å²) in [6.07, 6.45) is 3.71. The molecule has 2 atom stereocenters. The molecule has 1 aliphatic rings. The van der Waals surface area contributed by atoms with Crippen molar-refractivity contribution < 1.29 is 9.84 Å². The molecule has 1 fully saturated rings. The van der Waals surface area contributed by atoms with Gasteiger partial charge in [0, 0.05) is 6.54 Å². The summed E-state index contributed by atoms with van der Waals surface area (Å²) < 4.78 is 5.50. The lowest BCUT2D eigenvalue weighted by molar-refractivity contribution is 0.0192. The third-order valence-corrected chi connectivity index (χ3v) is 5.00. The largest absolute Gasteiger partial charge is 0.494 e. The number of rotatable bonds is 6.